The summed E-state index contributed by atoms with van der Waals surface area (Å²) in [5.41, 5.74) is -0.0498. The molecule has 1 fully saturated rings. The van der Waals surface area contributed by atoms with E-state index in [9.17, 15) is 17.6 Å². The smallest absolute Gasteiger partial charge is 0.264 e. The summed E-state index contributed by atoms with van der Waals surface area (Å²) in [5.74, 6) is -1.22. The molecule has 1 N–H and O–H groups in total. The Morgan fingerprint density at radius 3 is 2.88 bits per heavy atom. The van der Waals surface area contributed by atoms with Crippen molar-refractivity contribution in [3.05, 3.63) is 36.3 Å². The third kappa shape index (κ3) is 3.96. The Kier molecular flexibility index (Phi) is 5.01. The van der Waals surface area contributed by atoms with Crippen molar-refractivity contribution in [2.45, 2.75) is 49.7 Å². The number of sulfonamides is 1. The summed E-state index contributed by atoms with van der Waals surface area (Å²) >= 11 is 0. The molecule has 0 saturated carbocycles. The van der Waals surface area contributed by atoms with Crippen molar-refractivity contribution in [3.8, 4) is 0 Å². The lowest BCUT2D eigenvalue weighted by atomic mass is 10.1. The van der Waals surface area contributed by atoms with Crippen molar-refractivity contribution in [2.24, 2.45) is 0 Å². The van der Waals surface area contributed by atoms with Crippen molar-refractivity contribution in [1.29, 1.82) is 0 Å². The monoisotopic (exact) mass is 366 g/mol. The van der Waals surface area contributed by atoms with Gasteiger partial charge in [0.2, 0.25) is 5.91 Å². The zero-order valence-electron chi connectivity index (χ0n) is 13.7. The Morgan fingerprint density at radius 2 is 2.16 bits per heavy atom. The first kappa shape index (κ1) is 17.8. The number of pyridine rings is 1. The number of amides is 1. The fourth-order valence-electron chi connectivity index (χ4n) is 2.99. The SMILES string of the molecule is C[C@@H]1CC[C@H](CCC(=O)NS(=O)(=O)c2ccc(F)c3ncccc23)O1. The molecule has 0 unspecified atom stereocenters. The van der Waals surface area contributed by atoms with Crippen LogP contribution in [0.1, 0.15) is 32.6 Å². The number of nitrogens with one attached hydrogen (secondary N) is 1. The quantitative estimate of drug-likeness (QED) is 0.879. The lowest BCUT2D eigenvalue weighted by Gasteiger charge is -2.12. The van der Waals surface area contributed by atoms with Crippen LogP contribution >= 0.6 is 0 Å². The number of nitrogens with zero attached hydrogens (tertiary/aromatic N) is 1. The number of hydrogen-bond donors (Lipinski definition) is 1. The minimum Gasteiger partial charge on any atom is -0.375 e. The Labute approximate surface area is 145 Å². The molecule has 0 bridgehead atoms. The van der Waals surface area contributed by atoms with Crippen LogP contribution < -0.4 is 4.72 Å². The van der Waals surface area contributed by atoms with Crippen molar-refractivity contribution < 1.29 is 22.3 Å². The highest BCUT2D eigenvalue weighted by atomic mass is 32.2. The van der Waals surface area contributed by atoms with E-state index >= 15 is 0 Å². The first-order chi connectivity index (χ1) is 11.9. The predicted molar refractivity (Wildman–Crippen MR) is 89.8 cm³/mol. The molecule has 1 aromatic carbocycles. The minimum atomic E-state index is -4.11. The normalized spacial score (nSPS) is 20.7. The molecule has 0 spiro atoms. The summed E-state index contributed by atoms with van der Waals surface area (Å²) < 4.78 is 46.5. The van der Waals surface area contributed by atoms with Crippen LogP contribution in [0.2, 0.25) is 0 Å². The number of rotatable bonds is 5. The second-order valence-electron chi connectivity index (χ2n) is 6.16. The molecule has 0 radical (unpaired) electrons. The number of aromatic nitrogens is 1. The van der Waals surface area contributed by atoms with Gasteiger partial charge in [0.25, 0.3) is 10.0 Å². The van der Waals surface area contributed by atoms with Crippen LogP contribution in [0, 0.1) is 5.82 Å². The Morgan fingerprint density at radius 1 is 1.36 bits per heavy atom. The topological polar surface area (TPSA) is 85.4 Å². The highest BCUT2D eigenvalue weighted by molar-refractivity contribution is 7.90. The molecule has 1 aromatic heterocycles. The molecular formula is C17H19FN2O4S. The molecule has 1 amide bonds. The number of halogens is 1. The molecule has 8 heteroatoms. The number of ether oxygens (including phenoxy) is 1. The van der Waals surface area contributed by atoms with E-state index in [1.54, 1.807) is 0 Å². The first-order valence-corrected chi connectivity index (χ1v) is 9.59. The Balaban J connectivity index is 1.74. The van der Waals surface area contributed by atoms with E-state index in [1.807, 2.05) is 11.6 Å². The van der Waals surface area contributed by atoms with Gasteiger partial charge in [0, 0.05) is 18.0 Å². The minimum absolute atomic E-state index is 0.0145. The van der Waals surface area contributed by atoms with E-state index < -0.39 is 21.7 Å². The van der Waals surface area contributed by atoms with Crippen LogP contribution in [0.15, 0.2) is 35.4 Å². The zero-order chi connectivity index (χ0) is 18.0. The van der Waals surface area contributed by atoms with Crippen LogP contribution in [0.25, 0.3) is 10.9 Å². The molecule has 3 rings (SSSR count). The summed E-state index contributed by atoms with van der Waals surface area (Å²) in [4.78, 5) is 15.7. The molecule has 1 aliphatic rings. The van der Waals surface area contributed by atoms with Crippen molar-refractivity contribution in [2.75, 3.05) is 0 Å². The largest absolute Gasteiger partial charge is 0.375 e. The Bertz CT molecular complexity index is 901. The summed E-state index contributed by atoms with van der Waals surface area (Å²) in [6.45, 7) is 1.97. The number of fused-ring (bicyclic) bond motifs is 1. The van der Waals surface area contributed by atoms with Crippen molar-refractivity contribution in [3.63, 3.8) is 0 Å². The van der Waals surface area contributed by atoms with Crippen LogP contribution in [-0.2, 0) is 19.6 Å². The molecular weight excluding hydrogens is 347 g/mol. The second-order valence-corrected chi connectivity index (χ2v) is 7.81. The van der Waals surface area contributed by atoms with Gasteiger partial charge in [-0.1, -0.05) is 0 Å². The van der Waals surface area contributed by atoms with Gasteiger partial charge in [-0.25, -0.2) is 17.5 Å². The van der Waals surface area contributed by atoms with Crippen LogP contribution in [0.3, 0.4) is 0 Å². The van der Waals surface area contributed by atoms with Gasteiger partial charge in [0.05, 0.1) is 17.1 Å². The lowest BCUT2D eigenvalue weighted by Crippen LogP contribution is -2.31. The number of hydrogen-bond acceptors (Lipinski definition) is 5. The van der Waals surface area contributed by atoms with E-state index in [0.29, 0.717) is 6.42 Å². The molecule has 1 saturated heterocycles. The maximum absolute atomic E-state index is 13.8. The van der Waals surface area contributed by atoms with Crippen molar-refractivity contribution in [1.82, 2.24) is 9.71 Å². The van der Waals surface area contributed by atoms with Crippen molar-refractivity contribution >= 4 is 26.8 Å². The fourth-order valence-corrected chi connectivity index (χ4v) is 4.21. The van der Waals surface area contributed by atoms with E-state index in [-0.39, 0.29) is 34.4 Å². The molecule has 134 valence electrons. The van der Waals surface area contributed by atoms with Gasteiger partial charge in [-0.05, 0) is 50.5 Å². The summed E-state index contributed by atoms with van der Waals surface area (Å²) in [5, 5.41) is 0.135. The summed E-state index contributed by atoms with van der Waals surface area (Å²) in [7, 11) is -4.11. The zero-order valence-corrected chi connectivity index (χ0v) is 14.6. The van der Waals surface area contributed by atoms with Gasteiger partial charge in [0.15, 0.2) is 0 Å². The van der Waals surface area contributed by atoms with E-state index in [0.717, 1.165) is 25.0 Å². The van der Waals surface area contributed by atoms with Gasteiger partial charge in [-0.2, -0.15) is 0 Å². The first-order valence-electron chi connectivity index (χ1n) is 8.11. The van der Waals surface area contributed by atoms with E-state index in [1.165, 1.54) is 18.3 Å². The molecule has 6 nitrogen and oxygen atoms in total. The highest BCUT2D eigenvalue weighted by Crippen LogP contribution is 2.25. The van der Waals surface area contributed by atoms with Gasteiger partial charge >= 0.3 is 0 Å². The van der Waals surface area contributed by atoms with Gasteiger partial charge in [-0.3, -0.25) is 9.78 Å². The Hall–Kier alpha value is -2.06. The average Bonchev–Trinajstić information content (AvgIpc) is 2.98. The number of carbonyl (C=O) groups excluding carboxylic acids is 1. The molecule has 2 heterocycles. The van der Waals surface area contributed by atoms with Crippen LogP contribution in [-0.4, -0.2) is 31.5 Å². The van der Waals surface area contributed by atoms with Gasteiger partial charge < -0.3 is 4.74 Å². The standard InChI is InChI=1S/C17H19FN2O4S/c1-11-4-5-12(24-11)6-9-16(21)20-25(22,23)15-8-7-14(18)17-13(15)3-2-10-19-17/h2-3,7-8,10-12H,4-6,9H2,1H3,(H,20,21)/t11-,12-/m1/s1. The molecule has 2 aromatic rings. The van der Waals surface area contributed by atoms with Crippen LogP contribution in [0.5, 0.6) is 0 Å². The summed E-state index contributed by atoms with van der Waals surface area (Å²) in [6, 6.07) is 5.14. The predicted octanol–water partition coefficient (Wildman–Crippen LogP) is 2.53. The average molecular weight is 366 g/mol. The highest BCUT2D eigenvalue weighted by Gasteiger charge is 2.25. The van der Waals surface area contributed by atoms with E-state index in [4.69, 9.17) is 4.74 Å². The third-order valence-electron chi connectivity index (χ3n) is 4.23. The maximum atomic E-state index is 13.8. The third-order valence-corrected chi connectivity index (χ3v) is 5.66. The maximum Gasteiger partial charge on any atom is 0.264 e. The number of carbonyl (C=O) groups is 1. The van der Waals surface area contributed by atoms with Gasteiger partial charge in [0.1, 0.15) is 11.3 Å². The van der Waals surface area contributed by atoms with Crippen LogP contribution in [0.4, 0.5) is 4.39 Å². The summed E-state index contributed by atoms with van der Waals surface area (Å²) in [6.07, 6.45) is 3.87. The second kappa shape index (κ2) is 7.05. The molecule has 1 aliphatic heterocycles. The lowest BCUT2D eigenvalue weighted by molar-refractivity contribution is -0.120. The molecule has 25 heavy (non-hydrogen) atoms. The van der Waals surface area contributed by atoms with Gasteiger partial charge in [-0.15, -0.1) is 0 Å². The molecule has 2 atom stereocenters. The molecule has 0 aliphatic carbocycles. The fraction of sp³-hybridized carbons (Fsp3) is 0.412. The number of benzene rings is 1. The van der Waals surface area contributed by atoms with E-state index in [2.05, 4.69) is 4.98 Å².